The van der Waals surface area contributed by atoms with Crippen LogP contribution in [-0.4, -0.2) is 32.6 Å². The zero-order valence-corrected chi connectivity index (χ0v) is 12.6. The predicted molar refractivity (Wildman–Crippen MR) is 77.1 cm³/mol. The molecular weight excluding hydrogens is 260 g/mol. The first-order valence-electron chi connectivity index (χ1n) is 7.10. The number of aliphatic imine (C=N–C) groups is 1. The summed E-state index contributed by atoms with van der Waals surface area (Å²) in [4.78, 5) is 16.2. The van der Waals surface area contributed by atoms with E-state index < -0.39 is 10.3 Å². The molecule has 1 aliphatic heterocycles. The van der Waals surface area contributed by atoms with Crippen molar-refractivity contribution in [2.75, 3.05) is 0 Å². The topological polar surface area (TPSA) is 61.7 Å². The molecule has 19 heavy (non-hydrogen) atoms. The van der Waals surface area contributed by atoms with Crippen molar-refractivity contribution < 1.29 is 9.90 Å². The molecule has 0 aromatic rings. The fraction of sp³-hybridized carbons (Fsp3) is 0.857. The van der Waals surface area contributed by atoms with Crippen molar-refractivity contribution >= 4 is 22.8 Å². The molecule has 0 spiro atoms. The molecule has 2 saturated carbocycles. The molecule has 0 aromatic heterocycles. The number of amidine groups is 1. The van der Waals surface area contributed by atoms with Crippen LogP contribution in [0.2, 0.25) is 0 Å². The molecule has 0 radical (unpaired) electrons. The average molecular weight is 282 g/mol. The lowest BCUT2D eigenvalue weighted by Gasteiger charge is -2.33. The normalized spacial score (nSPS) is 41.8. The molecule has 1 amide bonds. The minimum atomic E-state index is -1.07. The van der Waals surface area contributed by atoms with E-state index in [9.17, 15) is 9.90 Å². The van der Waals surface area contributed by atoms with Gasteiger partial charge in [-0.3, -0.25) is 4.79 Å². The summed E-state index contributed by atoms with van der Waals surface area (Å²) in [6.07, 6.45) is 5.20. The highest BCUT2D eigenvalue weighted by Gasteiger charge is 2.52. The van der Waals surface area contributed by atoms with Gasteiger partial charge in [0.05, 0.1) is 5.60 Å². The van der Waals surface area contributed by atoms with Crippen molar-refractivity contribution in [1.82, 2.24) is 5.32 Å². The molecule has 5 heteroatoms. The predicted octanol–water partition coefficient (Wildman–Crippen LogP) is 1.92. The molecule has 0 aromatic carbocycles. The SMILES string of the molecule is CC(C)(O)C1(C)SC(N[C@H]2C[C@H]3CC[C@H]2C3)=NC1=O. The van der Waals surface area contributed by atoms with Crippen molar-refractivity contribution in [3.63, 3.8) is 0 Å². The van der Waals surface area contributed by atoms with Gasteiger partial charge in [-0.05, 0) is 51.9 Å². The first-order chi connectivity index (χ1) is 8.79. The molecule has 2 N–H and O–H groups in total. The third kappa shape index (κ3) is 2.11. The van der Waals surface area contributed by atoms with E-state index in [-0.39, 0.29) is 5.91 Å². The maximum atomic E-state index is 12.1. The standard InChI is InChI=1S/C14H22N2O2S/c1-13(2,18)14(3)11(17)16-12(19-14)15-10-7-8-4-5-9(10)6-8/h8-10,18H,4-7H2,1-3H3,(H,15,16,17)/t8-,9-,10-,14?/m0/s1. The Hall–Kier alpha value is -0.550. The lowest BCUT2D eigenvalue weighted by Crippen LogP contribution is -2.49. The van der Waals surface area contributed by atoms with Crippen LogP contribution in [0.5, 0.6) is 0 Å². The van der Waals surface area contributed by atoms with Gasteiger partial charge in [-0.25, -0.2) is 0 Å². The highest BCUT2D eigenvalue weighted by molar-refractivity contribution is 8.16. The summed E-state index contributed by atoms with van der Waals surface area (Å²) in [5.41, 5.74) is -1.07. The van der Waals surface area contributed by atoms with Crippen molar-refractivity contribution in [3.05, 3.63) is 0 Å². The van der Waals surface area contributed by atoms with Gasteiger partial charge in [0.25, 0.3) is 5.91 Å². The Morgan fingerprint density at radius 2 is 2.16 bits per heavy atom. The van der Waals surface area contributed by atoms with Crippen LogP contribution in [0.25, 0.3) is 0 Å². The minimum Gasteiger partial charge on any atom is -0.388 e. The molecular formula is C14H22N2O2S. The Kier molecular flexibility index (Phi) is 2.98. The van der Waals surface area contributed by atoms with Gasteiger partial charge in [0.2, 0.25) is 0 Å². The van der Waals surface area contributed by atoms with E-state index >= 15 is 0 Å². The molecule has 2 fully saturated rings. The van der Waals surface area contributed by atoms with Gasteiger partial charge in [0.15, 0.2) is 5.17 Å². The Labute approximate surface area is 118 Å². The third-order valence-electron chi connectivity index (χ3n) is 5.13. The number of nitrogens with one attached hydrogen (secondary N) is 1. The third-order valence-corrected chi connectivity index (χ3v) is 6.61. The summed E-state index contributed by atoms with van der Waals surface area (Å²) < 4.78 is -0.868. The second-order valence-electron chi connectivity index (χ2n) is 6.84. The van der Waals surface area contributed by atoms with Crippen LogP contribution < -0.4 is 5.32 Å². The van der Waals surface area contributed by atoms with Crippen molar-refractivity contribution in [2.24, 2.45) is 16.8 Å². The zero-order valence-electron chi connectivity index (χ0n) is 11.8. The van der Waals surface area contributed by atoms with Crippen molar-refractivity contribution in [1.29, 1.82) is 0 Å². The molecule has 4 nitrogen and oxygen atoms in total. The summed E-state index contributed by atoms with van der Waals surface area (Å²) in [6, 6.07) is 0.474. The molecule has 2 bridgehead atoms. The van der Waals surface area contributed by atoms with Gasteiger partial charge in [-0.1, -0.05) is 18.2 Å². The van der Waals surface area contributed by atoms with E-state index in [1.165, 1.54) is 37.4 Å². The Morgan fingerprint density at radius 3 is 2.63 bits per heavy atom. The summed E-state index contributed by atoms with van der Waals surface area (Å²) in [6.45, 7) is 5.13. The second-order valence-corrected chi connectivity index (χ2v) is 8.25. The minimum absolute atomic E-state index is 0.226. The fourth-order valence-corrected chi connectivity index (χ4v) is 4.60. The molecule has 2 aliphatic carbocycles. The van der Waals surface area contributed by atoms with E-state index in [2.05, 4.69) is 10.3 Å². The number of rotatable bonds is 2. The van der Waals surface area contributed by atoms with E-state index in [0.717, 1.165) is 11.8 Å². The summed E-state index contributed by atoms with van der Waals surface area (Å²) in [7, 11) is 0. The van der Waals surface area contributed by atoms with Crippen LogP contribution in [0.15, 0.2) is 4.99 Å². The number of carbonyl (C=O) groups excluding carboxylic acids is 1. The monoisotopic (exact) mass is 282 g/mol. The number of nitrogens with zero attached hydrogens (tertiary/aromatic N) is 1. The molecule has 0 saturated heterocycles. The van der Waals surface area contributed by atoms with Gasteiger partial charge in [0.1, 0.15) is 4.75 Å². The zero-order chi connectivity index (χ0) is 13.8. The summed E-state index contributed by atoms with van der Waals surface area (Å²) in [5, 5.41) is 14.3. The number of hydrogen-bond acceptors (Lipinski definition) is 4. The number of amides is 1. The number of hydrogen-bond donors (Lipinski definition) is 2. The van der Waals surface area contributed by atoms with E-state index in [1.807, 2.05) is 0 Å². The van der Waals surface area contributed by atoms with Crippen LogP contribution in [0.3, 0.4) is 0 Å². The summed E-state index contributed by atoms with van der Waals surface area (Å²) in [5.74, 6) is 1.39. The highest BCUT2D eigenvalue weighted by atomic mass is 32.2. The van der Waals surface area contributed by atoms with Crippen molar-refractivity contribution in [2.45, 2.75) is 62.8 Å². The molecule has 1 heterocycles. The van der Waals surface area contributed by atoms with Crippen LogP contribution in [-0.2, 0) is 4.79 Å². The molecule has 106 valence electrons. The van der Waals surface area contributed by atoms with Crippen molar-refractivity contribution in [3.8, 4) is 0 Å². The maximum Gasteiger partial charge on any atom is 0.267 e. The Morgan fingerprint density at radius 1 is 1.42 bits per heavy atom. The Balaban J connectivity index is 1.68. The second kappa shape index (κ2) is 4.22. The quantitative estimate of drug-likeness (QED) is 0.812. The van der Waals surface area contributed by atoms with Gasteiger partial charge in [0, 0.05) is 6.04 Å². The van der Waals surface area contributed by atoms with Gasteiger partial charge >= 0.3 is 0 Å². The Bertz CT molecular complexity index is 443. The average Bonchev–Trinajstić information content (AvgIpc) is 2.94. The highest BCUT2D eigenvalue weighted by Crippen LogP contribution is 2.46. The lowest BCUT2D eigenvalue weighted by molar-refractivity contribution is -0.124. The summed E-state index contributed by atoms with van der Waals surface area (Å²) >= 11 is 1.38. The van der Waals surface area contributed by atoms with E-state index in [4.69, 9.17) is 0 Å². The largest absolute Gasteiger partial charge is 0.388 e. The smallest absolute Gasteiger partial charge is 0.267 e. The fourth-order valence-electron chi connectivity index (χ4n) is 3.49. The van der Waals surface area contributed by atoms with Crippen LogP contribution in [0.4, 0.5) is 0 Å². The van der Waals surface area contributed by atoms with Crippen LogP contribution >= 0.6 is 11.8 Å². The van der Waals surface area contributed by atoms with Gasteiger partial charge in [-0.2, -0.15) is 4.99 Å². The van der Waals surface area contributed by atoms with Gasteiger partial charge in [-0.15, -0.1) is 0 Å². The molecule has 3 aliphatic rings. The lowest BCUT2D eigenvalue weighted by atomic mass is 9.91. The first kappa shape index (κ1) is 13.4. The first-order valence-corrected chi connectivity index (χ1v) is 7.92. The van der Waals surface area contributed by atoms with Gasteiger partial charge < -0.3 is 10.4 Å². The van der Waals surface area contributed by atoms with Crippen LogP contribution in [0.1, 0.15) is 46.5 Å². The number of aliphatic hydroxyl groups is 1. The molecule has 4 atom stereocenters. The molecule has 3 rings (SSSR count). The van der Waals surface area contributed by atoms with E-state index in [0.29, 0.717) is 11.2 Å². The molecule has 1 unspecified atom stereocenters. The number of thioether (sulfide) groups is 1. The van der Waals surface area contributed by atoms with Crippen LogP contribution in [0, 0.1) is 11.8 Å². The number of carbonyl (C=O) groups is 1. The maximum absolute atomic E-state index is 12.1. The van der Waals surface area contributed by atoms with E-state index in [1.54, 1.807) is 20.8 Å². The number of fused-ring (bicyclic) bond motifs is 2.